The first-order valence-corrected chi connectivity index (χ1v) is 18.7. The van der Waals surface area contributed by atoms with Gasteiger partial charge in [0.15, 0.2) is 11.5 Å². The number of unbranched alkanes of at least 4 members (excludes halogenated alkanes) is 13. The Hall–Kier alpha value is -0.860. The molecular weight excluding hydrogens is 533 g/mol. The molecule has 216 valence electrons. The van der Waals surface area contributed by atoms with Crippen LogP contribution in [0.25, 0.3) is 11.2 Å². The number of nitrogens with two attached hydrogens (primary N) is 1. The van der Waals surface area contributed by atoms with E-state index < -0.39 is 7.77 Å². The number of ether oxygens (including phenoxy) is 1. The SMILES string of the molecule is CCCCCCCCCCCCCCCCSSCCC[P+]([O-])=CO[C@H](C)Cn1cnc2c(N)ncnc21. The maximum absolute atomic E-state index is 12.3. The van der Waals surface area contributed by atoms with Gasteiger partial charge in [0.1, 0.15) is 18.0 Å². The highest BCUT2D eigenvalue weighted by atomic mass is 33.1. The van der Waals surface area contributed by atoms with Crippen LogP contribution in [0.5, 0.6) is 0 Å². The number of nitrogen functional groups attached to an aromatic ring is 1. The van der Waals surface area contributed by atoms with Gasteiger partial charge in [-0.2, -0.15) is 0 Å². The average Bonchev–Trinajstić information content (AvgIpc) is 3.32. The molecule has 2 N–H and O–H groups in total. The third-order valence-corrected chi connectivity index (χ3v) is 10.3. The lowest BCUT2D eigenvalue weighted by Gasteiger charge is -2.10. The van der Waals surface area contributed by atoms with E-state index in [9.17, 15) is 4.89 Å². The van der Waals surface area contributed by atoms with Crippen molar-refractivity contribution in [2.45, 2.75) is 123 Å². The second kappa shape index (κ2) is 21.9. The minimum absolute atomic E-state index is 0.141. The topological polar surface area (TPSA) is 102 Å². The largest absolute Gasteiger partial charge is 0.629 e. The fourth-order valence-electron chi connectivity index (χ4n) is 4.33. The molecule has 1 unspecified atom stereocenters. The summed E-state index contributed by atoms with van der Waals surface area (Å²) in [7, 11) is 2.42. The van der Waals surface area contributed by atoms with Gasteiger partial charge in [-0.1, -0.05) is 112 Å². The molecule has 0 saturated carbocycles. The van der Waals surface area contributed by atoms with E-state index >= 15 is 0 Å². The van der Waals surface area contributed by atoms with Crippen LogP contribution in [-0.2, 0) is 11.3 Å². The first-order valence-electron chi connectivity index (χ1n) is 14.7. The summed E-state index contributed by atoms with van der Waals surface area (Å²) in [6.07, 6.45) is 24.3. The number of hydrogen-bond donors (Lipinski definition) is 1. The van der Waals surface area contributed by atoms with E-state index in [4.69, 9.17) is 10.5 Å². The van der Waals surface area contributed by atoms with E-state index in [1.54, 1.807) is 6.33 Å². The lowest BCUT2D eigenvalue weighted by atomic mass is 10.0. The highest BCUT2D eigenvalue weighted by molar-refractivity contribution is 8.76. The van der Waals surface area contributed by atoms with Crippen LogP contribution in [0.2, 0.25) is 0 Å². The molecule has 0 amide bonds. The molecule has 0 spiro atoms. The predicted octanol–water partition coefficient (Wildman–Crippen LogP) is 7.58. The number of hydrogen-bond acceptors (Lipinski definition) is 8. The molecule has 0 fully saturated rings. The zero-order chi connectivity index (χ0) is 27.3. The second-order valence-electron chi connectivity index (χ2n) is 10.1. The maximum Gasteiger partial charge on any atom is 0.208 e. The fraction of sp³-hybridized carbons (Fsp3) is 0.786. The van der Waals surface area contributed by atoms with Crippen LogP contribution in [-0.4, -0.2) is 49.3 Å². The number of nitrogens with zero attached hydrogens (tertiary/aromatic N) is 4. The Labute approximate surface area is 239 Å². The van der Waals surface area contributed by atoms with Crippen LogP contribution in [0.1, 0.15) is 110 Å². The first-order chi connectivity index (χ1) is 18.6. The number of anilines is 1. The molecule has 2 atom stereocenters. The summed E-state index contributed by atoms with van der Waals surface area (Å²) in [6.45, 7) is 4.78. The molecule has 2 aromatic heterocycles. The normalized spacial score (nSPS) is 13.0. The quantitative estimate of drug-likeness (QED) is 0.0766. The Morgan fingerprint density at radius 1 is 0.895 bits per heavy atom. The Kier molecular flexibility index (Phi) is 19.2. The summed E-state index contributed by atoms with van der Waals surface area (Å²) in [5.74, 6) is 4.14. The van der Waals surface area contributed by atoms with Crippen molar-refractivity contribution in [2.75, 3.05) is 23.4 Å². The molecule has 2 heterocycles. The van der Waals surface area contributed by atoms with Gasteiger partial charge in [0.05, 0.1) is 26.7 Å². The van der Waals surface area contributed by atoms with Crippen LogP contribution in [0.15, 0.2) is 12.7 Å². The summed E-state index contributed by atoms with van der Waals surface area (Å²) in [5.41, 5.74) is 7.11. The smallest absolute Gasteiger partial charge is 0.208 e. The van der Waals surface area contributed by atoms with Crippen LogP contribution in [0.3, 0.4) is 0 Å². The highest BCUT2D eigenvalue weighted by Crippen LogP contribution is 2.25. The Balaban J connectivity index is 1.36. The summed E-state index contributed by atoms with van der Waals surface area (Å²) < 4.78 is 7.58. The van der Waals surface area contributed by atoms with Crippen molar-refractivity contribution >= 4 is 52.3 Å². The third kappa shape index (κ3) is 15.1. The Morgan fingerprint density at radius 3 is 2.11 bits per heavy atom. The highest BCUT2D eigenvalue weighted by Gasteiger charge is 2.11. The molecule has 2 aromatic rings. The van der Waals surface area contributed by atoms with Crippen molar-refractivity contribution in [3.8, 4) is 0 Å². The monoisotopic (exact) mass is 583 g/mol. The minimum atomic E-state index is -1.45. The predicted molar refractivity (Wildman–Crippen MR) is 168 cm³/mol. The van der Waals surface area contributed by atoms with E-state index in [1.165, 1.54) is 108 Å². The number of aromatic nitrogens is 4. The van der Waals surface area contributed by atoms with E-state index in [0.717, 1.165) is 12.2 Å². The fourth-order valence-corrected chi connectivity index (χ4v) is 7.70. The lowest BCUT2D eigenvalue weighted by Crippen LogP contribution is -2.16. The second-order valence-corrected chi connectivity index (χ2v) is 14.3. The van der Waals surface area contributed by atoms with Gasteiger partial charge < -0.3 is 19.9 Å². The van der Waals surface area contributed by atoms with Crippen molar-refractivity contribution in [3.05, 3.63) is 12.7 Å². The Morgan fingerprint density at radius 2 is 1.47 bits per heavy atom. The molecule has 38 heavy (non-hydrogen) atoms. The summed E-state index contributed by atoms with van der Waals surface area (Å²) in [4.78, 5) is 24.8. The first kappa shape index (κ1) is 33.3. The number of imidazole rings is 1. The zero-order valence-corrected chi connectivity index (χ0v) is 26.2. The molecule has 0 aromatic carbocycles. The van der Waals surface area contributed by atoms with Gasteiger partial charge in [-0.05, 0) is 19.8 Å². The van der Waals surface area contributed by atoms with Gasteiger partial charge in [0, 0.05) is 11.5 Å². The number of rotatable bonds is 24. The Bertz CT molecular complexity index is 899. The third-order valence-electron chi connectivity index (χ3n) is 6.56. The van der Waals surface area contributed by atoms with Crippen LogP contribution >= 0.6 is 29.4 Å². The lowest BCUT2D eigenvalue weighted by molar-refractivity contribution is -0.153. The van der Waals surface area contributed by atoms with Gasteiger partial charge >= 0.3 is 0 Å². The van der Waals surface area contributed by atoms with Crippen molar-refractivity contribution < 1.29 is 9.63 Å². The molecule has 10 heteroatoms. The van der Waals surface area contributed by atoms with Crippen LogP contribution in [0.4, 0.5) is 5.82 Å². The molecule has 0 aliphatic carbocycles. The summed E-state index contributed by atoms with van der Waals surface area (Å²) >= 11 is 0. The molecular formula is C28H50N5O2PS2. The summed E-state index contributed by atoms with van der Waals surface area (Å²) in [6, 6.07) is 0. The molecule has 0 bridgehead atoms. The van der Waals surface area contributed by atoms with Crippen molar-refractivity contribution in [3.63, 3.8) is 0 Å². The van der Waals surface area contributed by atoms with Crippen LogP contribution < -0.4 is 10.6 Å². The molecule has 7 nitrogen and oxygen atoms in total. The van der Waals surface area contributed by atoms with Gasteiger partial charge in [0.2, 0.25) is 5.98 Å². The van der Waals surface area contributed by atoms with Crippen molar-refractivity contribution in [1.82, 2.24) is 19.5 Å². The average molecular weight is 584 g/mol. The summed E-state index contributed by atoms with van der Waals surface area (Å²) in [5, 5.41) is 0. The van der Waals surface area contributed by atoms with E-state index in [1.807, 2.05) is 33.1 Å². The van der Waals surface area contributed by atoms with Crippen LogP contribution in [0, 0.1) is 0 Å². The maximum atomic E-state index is 12.3. The van der Waals surface area contributed by atoms with Gasteiger partial charge in [0.25, 0.3) is 0 Å². The van der Waals surface area contributed by atoms with E-state index in [0.29, 0.717) is 29.7 Å². The molecule has 0 radical (unpaired) electrons. The van der Waals surface area contributed by atoms with Gasteiger partial charge in [-0.3, -0.25) is 0 Å². The van der Waals surface area contributed by atoms with E-state index in [-0.39, 0.29) is 6.10 Å². The minimum Gasteiger partial charge on any atom is -0.629 e. The standard InChI is InChI=1S/C28H50N5O2PS2/c1-3-4-5-6-7-8-9-10-11-12-13-14-15-16-19-37-38-20-17-18-36(34)24-35-25(2)21-33-23-32-26-27(29)30-22-31-28(26)33/h22-25H,3-21H2,1-2H3,(H2,29,30,31)/t25-/m1/s1. The van der Waals surface area contributed by atoms with Gasteiger partial charge in [-0.15, -0.1) is 0 Å². The molecule has 0 saturated heterocycles. The zero-order valence-electron chi connectivity index (χ0n) is 23.7. The van der Waals surface area contributed by atoms with Crippen molar-refractivity contribution in [1.29, 1.82) is 0 Å². The molecule has 0 aliphatic rings. The molecule has 2 rings (SSSR count). The number of fused-ring (bicyclic) bond motifs is 1. The van der Waals surface area contributed by atoms with Gasteiger partial charge in [-0.25, -0.2) is 15.0 Å². The molecule has 0 aliphatic heterocycles. The van der Waals surface area contributed by atoms with Crippen molar-refractivity contribution in [2.24, 2.45) is 0 Å². The van der Waals surface area contributed by atoms with E-state index in [2.05, 4.69) is 21.9 Å².